The fraction of sp³-hybridized carbons (Fsp3) is 0. The Hall–Kier alpha value is -6.32. The highest BCUT2D eigenvalue weighted by Gasteiger charge is 2.14. The predicted octanol–water partition coefficient (Wildman–Crippen LogP) is 12.0. The van der Waals surface area contributed by atoms with E-state index < -0.39 is 0 Å². The lowest BCUT2D eigenvalue weighted by atomic mass is 9.95. The number of rotatable bonds is 3. The molecule has 0 spiro atoms. The molecule has 10 aromatic rings. The van der Waals surface area contributed by atoms with Crippen LogP contribution in [-0.4, -0.2) is 9.97 Å². The normalized spacial score (nSPS) is 11.8. The minimum atomic E-state index is 0.902. The van der Waals surface area contributed by atoms with Gasteiger partial charge in [0.05, 0.1) is 22.4 Å². The third-order valence-electron chi connectivity index (χ3n) is 9.46. The third kappa shape index (κ3) is 4.07. The first-order valence-electron chi connectivity index (χ1n) is 15.9. The molecule has 7 aromatic carbocycles. The van der Waals surface area contributed by atoms with Crippen LogP contribution in [0.5, 0.6) is 0 Å². The minimum Gasteiger partial charge on any atom is -0.456 e. The fourth-order valence-corrected chi connectivity index (χ4v) is 7.18. The first kappa shape index (κ1) is 26.0. The second-order valence-corrected chi connectivity index (χ2v) is 12.1. The maximum Gasteiger partial charge on any atom is 0.136 e. The molecule has 0 bridgehead atoms. The first-order chi connectivity index (χ1) is 23.3. The van der Waals surface area contributed by atoms with Gasteiger partial charge in [-0.2, -0.15) is 0 Å². The van der Waals surface area contributed by atoms with Crippen molar-refractivity contribution in [1.29, 1.82) is 0 Å². The van der Waals surface area contributed by atoms with Gasteiger partial charge in [0.25, 0.3) is 0 Å². The van der Waals surface area contributed by atoms with Crippen molar-refractivity contribution < 1.29 is 4.42 Å². The predicted molar refractivity (Wildman–Crippen MR) is 196 cm³/mol. The molecule has 0 aliphatic carbocycles. The van der Waals surface area contributed by atoms with Crippen molar-refractivity contribution in [1.82, 2.24) is 9.97 Å². The van der Waals surface area contributed by atoms with E-state index in [4.69, 9.17) is 14.4 Å². The Morgan fingerprint density at radius 1 is 0.362 bits per heavy atom. The van der Waals surface area contributed by atoms with Crippen LogP contribution in [0.15, 0.2) is 162 Å². The summed E-state index contributed by atoms with van der Waals surface area (Å²) in [6, 6.07) is 55.5. The molecule has 0 unspecified atom stereocenters. The van der Waals surface area contributed by atoms with Crippen LogP contribution in [0.1, 0.15) is 0 Å². The monoisotopic (exact) mass is 598 g/mol. The van der Waals surface area contributed by atoms with E-state index in [-0.39, 0.29) is 0 Å². The molecule has 0 amide bonds. The highest BCUT2D eigenvalue weighted by Crippen LogP contribution is 2.38. The zero-order valence-electron chi connectivity index (χ0n) is 25.3. The van der Waals surface area contributed by atoms with E-state index in [1.54, 1.807) is 0 Å². The average Bonchev–Trinajstić information content (AvgIpc) is 3.53. The van der Waals surface area contributed by atoms with Gasteiger partial charge in [-0.3, -0.25) is 0 Å². The van der Waals surface area contributed by atoms with Crippen molar-refractivity contribution in [3.63, 3.8) is 0 Å². The Labute approximate surface area is 270 Å². The largest absolute Gasteiger partial charge is 0.456 e. The minimum absolute atomic E-state index is 0.902. The quantitative estimate of drug-likeness (QED) is 0.190. The van der Waals surface area contributed by atoms with Crippen molar-refractivity contribution in [2.75, 3.05) is 0 Å². The summed E-state index contributed by atoms with van der Waals surface area (Å²) in [5, 5.41) is 9.33. The van der Waals surface area contributed by atoms with Crippen LogP contribution in [-0.2, 0) is 0 Å². The van der Waals surface area contributed by atoms with Crippen LogP contribution in [0.4, 0.5) is 0 Å². The Bertz CT molecular complexity index is 2850. The molecule has 0 atom stereocenters. The summed E-state index contributed by atoms with van der Waals surface area (Å²) in [5.74, 6) is 0. The van der Waals surface area contributed by atoms with Gasteiger partial charge in [0.15, 0.2) is 0 Å². The van der Waals surface area contributed by atoms with Gasteiger partial charge in [0.2, 0.25) is 0 Å². The van der Waals surface area contributed by atoms with Crippen LogP contribution >= 0.6 is 0 Å². The number of hydrogen-bond acceptors (Lipinski definition) is 3. The number of aromatic nitrogens is 2. The van der Waals surface area contributed by atoms with Crippen molar-refractivity contribution in [2.45, 2.75) is 0 Å². The molecule has 0 radical (unpaired) electrons. The zero-order chi connectivity index (χ0) is 30.9. The molecule has 47 heavy (non-hydrogen) atoms. The van der Waals surface area contributed by atoms with Gasteiger partial charge < -0.3 is 4.42 Å². The van der Waals surface area contributed by atoms with E-state index >= 15 is 0 Å². The van der Waals surface area contributed by atoms with Crippen LogP contribution in [0, 0.1) is 0 Å². The highest BCUT2D eigenvalue weighted by molar-refractivity contribution is 6.14. The molecular weight excluding hydrogens is 572 g/mol. The Balaban J connectivity index is 1.10. The fourth-order valence-electron chi connectivity index (χ4n) is 7.18. The summed E-state index contributed by atoms with van der Waals surface area (Å²) < 4.78 is 6.14. The summed E-state index contributed by atoms with van der Waals surface area (Å²) >= 11 is 0. The SMILES string of the molecule is c1ccc2c(c1)cc(-c1ccc3ccc4ccc(-c5ccc(-c6cccc7oc8ccccc8c67)cc5)nc4c3n1)c1ccccc12. The number of para-hydroxylation sites is 1. The number of pyridine rings is 2. The Morgan fingerprint density at radius 3 is 1.77 bits per heavy atom. The molecule has 10 rings (SSSR count). The molecule has 218 valence electrons. The summed E-state index contributed by atoms with van der Waals surface area (Å²) in [6.07, 6.45) is 0. The number of nitrogens with zero attached hydrogens (tertiary/aromatic N) is 2. The van der Waals surface area contributed by atoms with Gasteiger partial charge in [-0.25, -0.2) is 9.97 Å². The molecule has 3 heteroatoms. The van der Waals surface area contributed by atoms with Crippen molar-refractivity contribution >= 4 is 65.3 Å². The van der Waals surface area contributed by atoms with Gasteiger partial charge >= 0.3 is 0 Å². The lowest BCUT2D eigenvalue weighted by molar-refractivity contribution is 0.669. The third-order valence-corrected chi connectivity index (χ3v) is 9.46. The lowest BCUT2D eigenvalue weighted by Crippen LogP contribution is -1.92. The van der Waals surface area contributed by atoms with E-state index in [1.165, 1.54) is 21.5 Å². The van der Waals surface area contributed by atoms with Gasteiger partial charge in [0, 0.05) is 32.7 Å². The van der Waals surface area contributed by atoms with Gasteiger partial charge in [0.1, 0.15) is 11.2 Å². The smallest absolute Gasteiger partial charge is 0.136 e. The average molecular weight is 599 g/mol. The lowest BCUT2D eigenvalue weighted by Gasteiger charge is -2.12. The Kier molecular flexibility index (Phi) is 5.57. The van der Waals surface area contributed by atoms with Crippen LogP contribution in [0.25, 0.3) is 98.9 Å². The van der Waals surface area contributed by atoms with Crippen LogP contribution in [0.2, 0.25) is 0 Å². The molecule has 3 aromatic heterocycles. The van der Waals surface area contributed by atoms with Crippen molar-refractivity contribution in [3.8, 4) is 33.6 Å². The molecule has 0 saturated heterocycles. The van der Waals surface area contributed by atoms with E-state index in [0.29, 0.717) is 0 Å². The number of fused-ring (bicyclic) bond motifs is 9. The molecule has 0 fully saturated rings. The topological polar surface area (TPSA) is 38.9 Å². The summed E-state index contributed by atoms with van der Waals surface area (Å²) in [4.78, 5) is 10.5. The Morgan fingerprint density at radius 2 is 0.957 bits per heavy atom. The zero-order valence-corrected chi connectivity index (χ0v) is 25.3. The van der Waals surface area contributed by atoms with E-state index in [0.717, 1.165) is 77.4 Å². The molecule has 3 heterocycles. The summed E-state index contributed by atoms with van der Waals surface area (Å²) in [5.41, 5.74) is 10.00. The van der Waals surface area contributed by atoms with Crippen LogP contribution in [0.3, 0.4) is 0 Å². The molecule has 3 nitrogen and oxygen atoms in total. The van der Waals surface area contributed by atoms with Crippen LogP contribution < -0.4 is 0 Å². The van der Waals surface area contributed by atoms with Gasteiger partial charge in [-0.05, 0) is 63.0 Å². The van der Waals surface area contributed by atoms with Crippen molar-refractivity contribution in [3.05, 3.63) is 158 Å². The van der Waals surface area contributed by atoms with Crippen molar-refractivity contribution in [2.24, 2.45) is 0 Å². The number of benzene rings is 7. The molecule has 0 aliphatic rings. The van der Waals surface area contributed by atoms with Gasteiger partial charge in [-0.1, -0.05) is 127 Å². The highest BCUT2D eigenvalue weighted by atomic mass is 16.3. The summed E-state index contributed by atoms with van der Waals surface area (Å²) in [7, 11) is 0. The number of hydrogen-bond donors (Lipinski definition) is 0. The first-order valence-corrected chi connectivity index (χ1v) is 15.9. The number of furan rings is 1. The maximum absolute atomic E-state index is 6.14. The van der Waals surface area contributed by atoms with Gasteiger partial charge in [-0.15, -0.1) is 0 Å². The van der Waals surface area contributed by atoms with E-state index in [2.05, 4.69) is 140 Å². The summed E-state index contributed by atoms with van der Waals surface area (Å²) in [6.45, 7) is 0. The standard InChI is InChI=1S/C44H26N2O/c1-2-9-32-31(8-1)26-37(35-11-4-3-10-34(32)35)39-25-23-30-21-20-29-22-24-38(45-43(29)44(30)46-39)28-18-16-27(17-19-28)33-13-7-15-41-42(33)36-12-5-6-14-40(36)47-41/h1-26H. The second-order valence-electron chi connectivity index (χ2n) is 12.1. The second kappa shape index (κ2) is 10.1. The maximum atomic E-state index is 6.14. The van der Waals surface area contributed by atoms with E-state index in [9.17, 15) is 0 Å². The molecule has 0 saturated carbocycles. The molecule has 0 N–H and O–H groups in total. The molecule has 0 aliphatic heterocycles. The van der Waals surface area contributed by atoms with E-state index in [1.807, 2.05) is 18.2 Å². The molecular formula is C44H26N2O.